The van der Waals surface area contributed by atoms with E-state index in [2.05, 4.69) is 31.7 Å². The van der Waals surface area contributed by atoms with Crippen LogP contribution in [-0.4, -0.2) is 18.0 Å². The molecule has 2 rings (SSSR count). The number of piperidine rings is 1. The molecule has 1 aromatic carbocycles. The van der Waals surface area contributed by atoms with Crippen LogP contribution in [0.3, 0.4) is 0 Å². The summed E-state index contributed by atoms with van der Waals surface area (Å²) in [6.45, 7) is 8.48. The summed E-state index contributed by atoms with van der Waals surface area (Å²) in [4.78, 5) is 2.38. The van der Waals surface area contributed by atoms with E-state index in [1.807, 2.05) is 12.1 Å². The van der Waals surface area contributed by atoms with Crippen LogP contribution in [0, 0.1) is 11.7 Å². The Morgan fingerprint density at radius 2 is 2.11 bits per heavy atom. The summed E-state index contributed by atoms with van der Waals surface area (Å²) < 4.78 is 13.8. The van der Waals surface area contributed by atoms with Gasteiger partial charge in [-0.3, -0.25) is 4.90 Å². The third kappa shape index (κ3) is 2.81. The third-order valence-corrected chi connectivity index (χ3v) is 3.87. The van der Waals surface area contributed by atoms with E-state index in [-0.39, 0.29) is 11.9 Å². The zero-order chi connectivity index (χ0) is 13.1. The molecule has 18 heavy (non-hydrogen) atoms. The highest BCUT2D eigenvalue weighted by Gasteiger charge is 2.25. The van der Waals surface area contributed by atoms with E-state index < -0.39 is 0 Å². The van der Waals surface area contributed by atoms with Crippen LogP contribution in [0.4, 0.5) is 4.39 Å². The SMILES string of the molecule is CC=C1CC(C)CN([C@@H](C)c2ccccc2F)C1. The van der Waals surface area contributed by atoms with Gasteiger partial charge in [0, 0.05) is 24.7 Å². The van der Waals surface area contributed by atoms with Gasteiger partial charge >= 0.3 is 0 Å². The van der Waals surface area contributed by atoms with Crippen molar-refractivity contribution < 1.29 is 4.39 Å². The Balaban J connectivity index is 2.18. The Morgan fingerprint density at radius 1 is 1.39 bits per heavy atom. The minimum Gasteiger partial charge on any atom is -0.292 e. The first-order valence-electron chi connectivity index (χ1n) is 6.74. The minimum atomic E-state index is -0.0924. The maximum atomic E-state index is 13.8. The number of hydrogen-bond donors (Lipinski definition) is 0. The predicted octanol–water partition coefficient (Wildman–Crippen LogP) is 4.17. The minimum absolute atomic E-state index is 0.0924. The molecule has 1 fully saturated rings. The first-order valence-corrected chi connectivity index (χ1v) is 6.74. The molecule has 0 spiro atoms. The van der Waals surface area contributed by atoms with Crippen molar-refractivity contribution >= 4 is 0 Å². The topological polar surface area (TPSA) is 3.24 Å². The summed E-state index contributed by atoms with van der Waals surface area (Å²) in [5, 5.41) is 0. The summed E-state index contributed by atoms with van der Waals surface area (Å²) in [7, 11) is 0. The normalized spacial score (nSPS) is 25.3. The molecule has 98 valence electrons. The largest absolute Gasteiger partial charge is 0.292 e. The molecule has 0 radical (unpaired) electrons. The second kappa shape index (κ2) is 5.66. The Morgan fingerprint density at radius 3 is 2.78 bits per heavy atom. The van der Waals surface area contributed by atoms with Crippen molar-refractivity contribution in [2.24, 2.45) is 5.92 Å². The Bertz CT molecular complexity index is 438. The number of allylic oxidation sites excluding steroid dienone is 1. The molecule has 0 saturated carbocycles. The van der Waals surface area contributed by atoms with E-state index in [9.17, 15) is 4.39 Å². The number of nitrogens with zero attached hydrogens (tertiary/aromatic N) is 1. The highest BCUT2D eigenvalue weighted by atomic mass is 19.1. The van der Waals surface area contributed by atoms with Gasteiger partial charge < -0.3 is 0 Å². The Hall–Kier alpha value is -1.15. The van der Waals surface area contributed by atoms with Gasteiger partial charge in [0.2, 0.25) is 0 Å². The molecule has 0 N–H and O–H groups in total. The van der Waals surface area contributed by atoms with Gasteiger partial charge in [-0.1, -0.05) is 36.8 Å². The van der Waals surface area contributed by atoms with Crippen LogP contribution in [-0.2, 0) is 0 Å². The number of hydrogen-bond acceptors (Lipinski definition) is 1. The van der Waals surface area contributed by atoms with Gasteiger partial charge in [-0.2, -0.15) is 0 Å². The molecule has 1 unspecified atom stereocenters. The molecule has 0 aliphatic carbocycles. The van der Waals surface area contributed by atoms with Crippen molar-refractivity contribution in [1.29, 1.82) is 0 Å². The molecule has 1 saturated heterocycles. The van der Waals surface area contributed by atoms with Gasteiger partial charge in [-0.25, -0.2) is 4.39 Å². The van der Waals surface area contributed by atoms with E-state index in [1.165, 1.54) is 12.0 Å². The fraction of sp³-hybridized carbons (Fsp3) is 0.500. The van der Waals surface area contributed by atoms with Crippen LogP contribution in [0.2, 0.25) is 0 Å². The molecule has 1 nitrogen and oxygen atoms in total. The lowest BCUT2D eigenvalue weighted by atomic mass is 9.93. The monoisotopic (exact) mass is 247 g/mol. The van der Waals surface area contributed by atoms with Crippen LogP contribution in [0.5, 0.6) is 0 Å². The second-order valence-electron chi connectivity index (χ2n) is 5.38. The molecule has 1 aliphatic heterocycles. The smallest absolute Gasteiger partial charge is 0.127 e. The van der Waals surface area contributed by atoms with Gasteiger partial charge in [0.05, 0.1) is 0 Å². The lowest BCUT2D eigenvalue weighted by Crippen LogP contribution is -2.37. The fourth-order valence-electron chi connectivity index (χ4n) is 2.82. The van der Waals surface area contributed by atoms with Gasteiger partial charge in [0.25, 0.3) is 0 Å². The summed E-state index contributed by atoms with van der Waals surface area (Å²) in [6, 6.07) is 7.26. The first kappa shape index (κ1) is 13.3. The zero-order valence-electron chi connectivity index (χ0n) is 11.5. The van der Waals surface area contributed by atoms with Crippen molar-refractivity contribution in [1.82, 2.24) is 4.90 Å². The first-order chi connectivity index (χ1) is 8.61. The molecule has 2 atom stereocenters. The molecular formula is C16H22FN. The molecule has 0 amide bonds. The predicted molar refractivity (Wildman–Crippen MR) is 73.9 cm³/mol. The van der Waals surface area contributed by atoms with Crippen molar-refractivity contribution in [3.05, 3.63) is 47.3 Å². The van der Waals surface area contributed by atoms with E-state index in [0.717, 1.165) is 18.7 Å². The zero-order valence-corrected chi connectivity index (χ0v) is 11.5. The van der Waals surface area contributed by atoms with Crippen molar-refractivity contribution in [3.63, 3.8) is 0 Å². The van der Waals surface area contributed by atoms with Gasteiger partial charge in [-0.05, 0) is 32.3 Å². The fourth-order valence-corrected chi connectivity index (χ4v) is 2.82. The Labute approximate surface area is 109 Å². The van der Waals surface area contributed by atoms with Crippen molar-refractivity contribution in [2.45, 2.75) is 33.2 Å². The Kier molecular flexibility index (Phi) is 4.18. The number of benzene rings is 1. The maximum Gasteiger partial charge on any atom is 0.127 e. The molecule has 0 aromatic heterocycles. The van der Waals surface area contributed by atoms with Crippen molar-refractivity contribution in [2.75, 3.05) is 13.1 Å². The summed E-state index contributed by atoms with van der Waals surface area (Å²) >= 11 is 0. The number of likely N-dealkylation sites (tertiary alicyclic amines) is 1. The van der Waals surface area contributed by atoms with Crippen LogP contribution in [0.25, 0.3) is 0 Å². The highest BCUT2D eigenvalue weighted by Crippen LogP contribution is 2.29. The standard InChI is InChI=1S/C16H22FN/c1-4-14-9-12(2)10-18(11-14)13(3)15-7-5-6-8-16(15)17/h4-8,12-13H,9-11H2,1-3H3/t12?,13-/m0/s1. The molecule has 1 aliphatic rings. The highest BCUT2D eigenvalue weighted by molar-refractivity contribution is 5.22. The molecular weight excluding hydrogens is 225 g/mol. The van der Waals surface area contributed by atoms with Crippen LogP contribution >= 0.6 is 0 Å². The van der Waals surface area contributed by atoms with Gasteiger partial charge in [0.15, 0.2) is 0 Å². The van der Waals surface area contributed by atoms with Crippen LogP contribution in [0.15, 0.2) is 35.9 Å². The molecule has 1 aromatic rings. The molecule has 2 heteroatoms. The summed E-state index contributed by atoms with van der Waals surface area (Å²) in [6.07, 6.45) is 3.38. The lowest BCUT2D eigenvalue weighted by Gasteiger charge is -2.37. The van der Waals surface area contributed by atoms with Crippen molar-refractivity contribution in [3.8, 4) is 0 Å². The number of rotatable bonds is 2. The maximum absolute atomic E-state index is 13.8. The van der Waals surface area contributed by atoms with Gasteiger partial charge in [-0.15, -0.1) is 0 Å². The number of halogens is 1. The molecule has 1 heterocycles. The van der Waals surface area contributed by atoms with Crippen LogP contribution in [0.1, 0.15) is 38.8 Å². The quantitative estimate of drug-likeness (QED) is 0.709. The third-order valence-electron chi connectivity index (χ3n) is 3.87. The summed E-state index contributed by atoms with van der Waals surface area (Å²) in [5.41, 5.74) is 2.28. The van der Waals surface area contributed by atoms with E-state index >= 15 is 0 Å². The second-order valence-corrected chi connectivity index (χ2v) is 5.38. The van der Waals surface area contributed by atoms with E-state index in [0.29, 0.717) is 5.92 Å². The average Bonchev–Trinajstić information content (AvgIpc) is 2.37. The summed E-state index contributed by atoms with van der Waals surface area (Å²) in [5.74, 6) is 0.560. The average molecular weight is 247 g/mol. The van der Waals surface area contributed by atoms with Gasteiger partial charge in [0.1, 0.15) is 5.82 Å². The van der Waals surface area contributed by atoms with E-state index in [4.69, 9.17) is 0 Å². The van der Waals surface area contributed by atoms with Crippen LogP contribution < -0.4 is 0 Å². The molecule has 0 bridgehead atoms. The lowest BCUT2D eigenvalue weighted by molar-refractivity contribution is 0.167. The van der Waals surface area contributed by atoms with E-state index in [1.54, 1.807) is 12.1 Å².